The highest BCUT2D eigenvalue weighted by atomic mass is 79.9. The molecule has 0 radical (unpaired) electrons. The molecule has 3 fully saturated rings. The van der Waals surface area contributed by atoms with Crippen LogP contribution in [0.3, 0.4) is 0 Å². The van der Waals surface area contributed by atoms with E-state index in [0.717, 1.165) is 58.9 Å². The fourth-order valence-electron chi connectivity index (χ4n) is 7.29. The first-order chi connectivity index (χ1) is 25.6. The molecule has 0 N–H and O–H groups in total. The molecule has 2 aromatic heterocycles. The molecule has 3 saturated heterocycles. The molecule has 4 aromatic rings. The summed E-state index contributed by atoms with van der Waals surface area (Å²) in [5, 5.41) is 16.7. The van der Waals surface area contributed by atoms with Crippen molar-refractivity contribution in [1.82, 2.24) is 29.5 Å². The molecule has 292 valence electrons. The van der Waals surface area contributed by atoms with E-state index < -0.39 is 14.0 Å². The van der Waals surface area contributed by atoms with Crippen LogP contribution < -0.4 is 5.46 Å². The van der Waals surface area contributed by atoms with Crippen LogP contribution in [0.25, 0.3) is 11.4 Å². The second-order valence-electron chi connectivity index (χ2n) is 17.7. The average Bonchev–Trinajstić information content (AvgIpc) is 3.86. The molecule has 12 nitrogen and oxygen atoms in total. The molecule has 1 unspecified atom stereocenters. The lowest BCUT2D eigenvalue weighted by atomic mass is 9.49. The second kappa shape index (κ2) is 14.2. The van der Waals surface area contributed by atoms with Gasteiger partial charge in [0.2, 0.25) is 0 Å². The number of hydrogen-bond donors (Lipinski definition) is 0. The number of rotatable bonds is 2. The van der Waals surface area contributed by atoms with Gasteiger partial charge in [-0.15, -0.1) is 20.4 Å². The molecule has 9 rings (SSSR count). The van der Waals surface area contributed by atoms with Gasteiger partial charge in [-0.3, -0.25) is 9.13 Å². The molecule has 55 heavy (non-hydrogen) atoms. The van der Waals surface area contributed by atoms with Crippen LogP contribution in [0.1, 0.15) is 111 Å². The Morgan fingerprint density at radius 2 is 1.04 bits per heavy atom. The number of fused-ring (bicyclic) bond motifs is 6. The van der Waals surface area contributed by atoms with Crippen molar-refractivity contribution in [1.29, 1.82) is 0 Å². The van der Waals surface area contributed by atoms with Crippen molar-refractivity contribution >= 4 is 42.5 Å². The number of hydrogen-bond acceptors (Lipinski definition) is 10. The zero-order valence-corrected chi connectivity index (χ0v) is 36.2. The van der Waals surface area contributed by atoms with Gasteiger partial charge in [0.25, 0.3) is 0 Å². The summed E-state index contributed by atoms with van der Waals surface area (Å²) in [4.78, 5) is 0. The van der Waals surface area contributed by atoms with Gasteiger partial charge in [0.15, 0.2) is 0 Å². The fourth-order valence-corrected chi connectivity index (χ4v) is 7.70. The van der Waals surface area contributed by atoms with Crippen LogP contribution in [0.4, 0.5) is 0 Å². The van der Waals surface area contributed by atoms with Gasteiger partial charge in [-0.2, -0.15) is 0 Å². The van der Waals surface area contributed by atoms with Crippen LogP contribution in [0, 0.1) is 13.8 Å². The maximum Gasteiger partial charge on any atom is 0.494 e. The van der Waals surface area contributed by atoms with Crippen molar-refractivity contribution in [2.24, 2.45) is 0 Å². The lowest BCUT2D eigenvalue weighted by Crippen LogP contribution is -2.41. The monoisotopic (exact) mass is 814 g/mol. The molecular formula is C39H54B3BrN6O6. The van der Waals surface area contributed by atoms with Crippen molar-refractivity contribution < 1.29 is 27.9 Å². The van der Waals surface area contributed by atoms with Crippen molar-refractivity contribution in [3.8, 4) is 11.4 Å². The first-order valence-corrected chi connectivity index (χ1v) is 20.2. The zero-order chi connectivity index (χ0) is 39.9. The quantitative estimate of drug-likeness (QED) is 0.215. The van der Waals surface area contributed by atoms with Crippen LogP contribution in [0.15, 0.2) is 40.9 Å². The summed E-state index contributed by atoms with van der Waals surface area (Å²) in [7, 11) is -1.23. The van der Waals surface area contributed by atoms with Gasteiger partial charge >= 0.3 is 21.1 Å². The van der Waals surface area contributed by atoms with Crippen LogP contribution in [0.5, 0.6) is 0 Å². The van der Waals surface area contributed by atoms with Crippen molar-refractivity contribution in [3.63, 3.8) is 0 Å². The highest BCUT2D eigenvalue weighted by molar-refractivity contribution is 9.10. The Kier molecular flexibility index (Phi) is 10.4. The number of aryl methyl sites for hydroxylation is 6. The standard InChI is InChI=1S/C16H20BN3O2.C12H24B2O4.C11H10BrN3/c1-10-16(3,4)22-17(21-10)13-6-7-14-12(9-13)5-8-15-19-18-11(2)20(14)15;1-9(2)10(3,4)16-13(15-9)14-17-11(5,6)12(7,8)18-14;1-7-13-14-11-5-2-8-6-9(12)3-4-10(8)15(7)11/h6-7,9-10H,5,8H2,1-4H3;1-8H3;3-4,6H,2,5H2,1H3. The first-order valence-electron chi connectivity index (χ1n) is 19.4. The molecule has 0 bridgehead atoms. The highest BCUT2D eigenvalue weighted by Gasteiger charge is 2.63. The molecule has 2 aromatic carbocycles. The van der Waals surface area contributed by atoms with Crippen LogP contribution in [0.2, 0.25) is 0 Å². The Bertz CT molecular complexity index is 2020. The summed E-state index contributed by atoms with van der Waals surface area (Å²) < 4.78 is 41.3. The van der Waals surface area contributed by atoms with Gasteiger partial charge in [0.1, 0.15) is 23.3 Å². The van der Waals surface area contributed by atoms with E-state index in [0.29, 0.717) is 0 Å². The minimum Gasteiger partial charge on any atom is -0.405 e. The van der Waals surface area contributed by atoms with E-state index in [9.17, 15) is 0 Å². The Balaban J connectivity index is 0.000000129. The molecule has 7 heterocycles. The normalized spacial score (nSPS) is 23.2. The third kappa shape index (κ3) is 7.53. The Morgan fingerprint density at radius 1 is 0.600 bits per heavy atom. The first kappa shape index (κ1) is 40.4. The molecule has 0 saturated carbocycles. The predicted molar refractivity (Wildman–Crippen MR) is 218 cm³/mol. The maximum absolute atomic E-state index is 6.06. The summed E-state index contributed by atoms with van der Waals surface area (Å²) in [6, 6.07) is 12.8. The zero-order valence-electron chi connectivity index (χ0n) is 34.6. The number of halogens is 1. The predicted octanol–water partition coefficient (Wildman–Crippen LogP) is 6.27. The van der Waals surface area contributed by atoms with Crippen molar-refractivity contribution in [2.45, 2.75) is 150 Å². The molecule has 0 spiro atoms. The van der Waals surface area contributed by atoms with Crippen LogP contribution in [-0.2, 0) is 53.6 Å². The molecule has 5 aliphatic rings. The molecule has 0 aliphatic carbocycles. The van der Waals surface area contributed by atoms with Gasteiger partial charge in [-0.1, -0.05) is 28.1 Å². The summed E-state index contributed by atoms with van der Waals surface area (Å²) in [5.41, 5.74) is 4.46. The smallest absolute Gasteiger partial charge is 0.405 e. The van der Waals surface area contributed by atoms with E-state index in [1.807, 2.05) is 69.2 Å². The Labute approximate surface area is 335 Å². The van der Waals surface area contributed by atoms with Gasteiger partial charge in [0.05, 0.1) is 45.5 Å². The minimum absolute atomic E-state index is 0.0835. The summed E-state index contributed by atoms with van der Waals surface area (Å²) in [6.45, 7) is 26.4. The van der Waals surface area contributed by atoms with Gasteiger partial charge in [0, 0.05) is 17.3 Å². The fraction of sp³-hybridized carbons (Fsp3) is 0.590. The molecule has 5 aliphatic heterocycles. The summed E-state index contributed by atoms with van der Waals surface area (Å²) in [5.74, 6) is 4.02. The SMILES string of the molecule is CC1(C)OB(B2OC(C)(C)C(C)(C)O2)OC1(C)C.Cc1nnc2n1-c1ccc(B3OC(C)C(C)(C)O3)cc1CC2.Cc1nnc2n1-c1ccc(Br)cc1CC2. The molecular weight excluding hydrogens is 761 g/mol. The number of aromatic nitrogens is 6. The number of benzene rings is 2. The van der Waals surface area contributed by atoms with Crippen LogP contribution >= 0.6 is 15.9 Å². The highest BCUT2D eigenvalue weighted by Crippen LogP contribution is 2.43. The average molecular weight is 815 g/mol. The van der Waals surface area contributed by atoms with Gasteiger partial charge in [-0.25, -0.2) is 0 Å². The van der Waals surface area contributed by atoms with E-state index in [1.54, 1.807) is 0 Å². The third-order valence-corrected chi connectivity index (χ3v) is 12.9. The van der Waals surface area contributed by atoms with E-state index in [2.05, 4.69) is 103 Å². The van der Waals surface area contributed by atoms with Gasteiger partial charge < -0.3 is 27.9 Å². The third-order valence-electron chi connectivity index (χ3n) is 12.4. The van der Waals surface area contributed by atoms with E-state index >= 15 is 0 Å². The van der Waals surface area contributed by atoms with Gasteiger partial charge in [-0.05, 0) is 144 Å². The van der Waals surface area contributed by atoms with Crippen molar-refractivity contribution in [3.05, 3.63) is 75.3 Å². The topological polar surface area (TPSA) is 117 Å². The Hall–Kier alpha value is -2.85. The Morgan fingerprint density at radius 3 is 1.47 bits per heavy atom. The summed E-state index contributed by atoms with van der Waals surface area (Å²) >= 11 is 3.50. The van der Waals surface area contributed by atoms with Crippen LogP contribution in [-0.4, -0.2) is 84.8 Å². The minimum atomic E-state index is -0.476. The number of nitrogens with zero attached hydrogens (tertiary/aromatic N) is 6. The molecule has 0 amide bonds. The second-order valence-corrected chi connectivity index (χ2v) is 18.7. The molecule has 16 heteroatoms. The lowest BCUT2D eigenvalue weighted by molar-refractivity contribution is 0.00578. The van der Waals surface area contributed by atoms with Crippen molar-refractivity contribution in [2.75, 3.05) is 0 Å². The van der Waals surface area contributed by atoms with E-state index in [1.165, 1.54) is 22.5 Å². The largest absolute Gasteiger partial charge is 0.494 e. The van der Waals surface area contributed by atoms with E-state index in [-0.39, 0.29) is 41.2 Å². The molecule has 1 atom stereocenters. The summed E-state index contributed by atoms with van der Waals surface area (Å²) in [6.07, 6.45) is 4.01. The lowest BCUT2D eigenvalue weighted by Gasteiger charge is -2.32. The maximum atomic E-state index is 6.06. The van der Waals surface area contributed by atoms with E-state index in [4.69, 9.17) is 27.9 Å².